The van der Waals surface area contributed by atoms with Gasteiger partial charge < -0.3 is 15.4 Å². The molecule has 2 aliphatic heterocycles. The number of hydrogen-bond acceptors (Lipinski definition) is 8. The lowest BCUT2D eigenvalue weighted by molar-refractivity contribution is 0.122. The van der Waals surface area contributed by atoms with Crippen molar-refractivity contribution >= 4 is 17.5 Å². The van der Waals surface area contributed by atoms with Gasteiger partial charge in [0.25, 0.3) is 0 Å². The van der Waals surface area contributed by atoms with Gasteiger partial charge in [-0.1, -0.05) is 20.8 Å². The van der Waals surface area contributed by atoms with Crippen molar-refractivity contribution in [3.05, 3.63) is 23.7 Å². The van der Waals surface area contributed by atoms with Crippen molar-refractivity contribution in [3.8, 4) is 11.4 Å². The minimum absolute atomic E-state index is 0.0965. The van der Waals surface area contributed by atoms with E-state index in [4.69, 9.17) is 25.4 Å². The molecule has 0 bridgehead atoms. The van der Waals surface area contributed by atoms with Crippen LogP contribution in [0.2, 0.25) is 0 Å². The predicted octanol–water partition coefficient (Wildman–Crippen LogP) is 1.74. The van der Waals surface area contributed by atoms with Gasteiger partial charge in [-0.15, -0.1) is 0 Å². The number of fused-ring (bicyclic) bond motifs is 1. The number of hydrogen-bond donors (Lipinski definition) is 1. The summed E-state index contributed by atoms with van der Waals surface area (Å²) in [7, 11) is 0. The fourth-order valence-electron chi connectivity index (χ4n) is 3.46. The second kappa shape index (κ2) is 6.84. The van der Waals surface area contributed by atoms with Crippen LogP contribution in [-0.4, -0.2) is 58.5 Å². The number of aliphatic imine (C=N–C) groups is 1. The summed E-state index contributed by atoms with van der Waals surface area (Å²) < 4.78 is 5.53. The van der Waals surface area contributed by atoms with Crippen molar-refractivity contribution in [2.75, 3.05) is 43.5 Å². The van der Waals surface area contributed by atoms with Gasteiger partial charge in [0.15, 0.2) is 5.82 Å². The molecule has 0 aromatic carbocycles. The van der Waals surface area contributed by atoms with Gasteiger partial charge in [0.2, 0.25) is 5.95 Å². The molecule has 0 atom stereocenters. The number of aromatic nitrogens is 4. The Hall–Kier alpha value is -2.61. The van der Waals surface area contributed by atoms with Gasteiger partial charge in [-0.3, -0.25) is 4.99 Å². The molecule has 2 N–H and O–H groups in total. The van der Waals surface area contributed by atoms with Crippen LogP contribution in [0.15, 0.2) is 17.4 Å². The van der Waals surface area contributed by atoms with E-state index in [0.29, 0.717) is 19.0 Å². The zero-order valence-corrected chi connectivity index (χ0v) is 16.1. The molecule has 2 aromatic rings. The summed E-state index contributed by atoms with van der Waals surface area (Å²) in [4.78, 5) is 25.1. The molecule has 142 valence electrons. The predicted molar refractivity (Wildman–Crippen MR) is 105 cm³/mol. The average Bonchev–Trinajstić information content (AvgIpc) is 2.67. The Morgan fingerprint density at radius 3 is 2.44 bits per heavy atom. The van der Waals surface area contributed by atoms with E-state index in [9.17, 15) is 0 Å². The van der Waals surface area contributed by atoms with Crippen LogP contribution in [0, 0.1) is 5.41 Å². The molecule has 0 radical (unpaired) electrons. The molecule has 2 aliphatic rings. The lowest BCUT2D eigenvalue weighted by Gasteiger charge is -2.33. The molecule has 2 aromatic heterocycles. The van der Waals surface area contributed by atoms with E-state index >= 15 is 0 Å². The molecule has 0 aliphatic carbocycles. The van der Waals surface area contributed by atoms with Gasteiger partial charge in [0, 0.05) is 43.0 Å². The highest BCUT2D eigenvalue weighted by atomic mass is 16.5. The van der Waals surface area contributed by atoms with Gasteiger partial charge in [-0.25, -0.2) is 19.9 Å². The first-order valence-corrected chi connectivity index (χ1v) is 9.30. The van der Waals surface area contributed by atoms with E-state index in [0.717, 1.165) is 48.8 Å². The maximum atomic E-state index is 5.64. The molecule has 4 rings (SSSR count). The monoisotopic (exact) mass is 367 g/mol. The number of ether oxygens (including phenoxy) is 1. The van der Waals surface area contributed by atoms with Crippen molar-refractivity contribution in [2.45, 2.75) is 27.2 Å². The molecule has 0 unspecified atom stereocenters. The molecule has 0 saturated carbocycles. The Kier molecular flexibility index (Phi) is 4.51. The summed E-state index contributed by atoms with van der Waals surface area (Å²) in [5.74, 6) is 1.82. The van der Waals surface area contributed by atoms with Gasteiger partial charge in [-0.2, -0.15) is 0 Å². The number of nitrogens with two attached hydrogens (primary N) is 1. The molecular weight excluding hydrogens is 342 g/mol. The van der Waals surface area contributed by atoms with Crippen LogP contribution in [0.1, 0.15) is 32.0 Å². The van der Waals surface area contributed by atoms with Crippen LogP contribution < -0.4 is 10.6 Å². The van der Waals surface area contributed by atoms with E-state index in [1.165, 1.54) is 5.56 Å². The summed E-state index contributed by atoms with van der Waals surface area (Å²) in [5, 5.41) is 0. The number of nitrogen functional groups attached to an aromatic ring is 1. The van der Waals surface area contributed by atoms with Gasteiger partial charge in [0.05, 0.1) is 30.2 Å². The highest BCUT2D eigenvalue weighted by molar-refractivity contribution is 6.05. The second-order valence-electron chi connectivity index (χ2n) is 7.86. The Balaban J connectivity index is 1.89. The van der Waals surface area contributed by atoms with Gasteiger partial charge in [-0.05, 0) is 6.42 Å². The van der Waals surface area contributed by atoms with E-state index in [1.807, 2.05) is 0 Å². The first kappa shape index (κ1) is 17.8. The minimum atomic E-state index is -0.0965. The zero-order valence-electron chi connectivity index (χ0n) is 16.1. The Morgan fingerprint density at radius 2 is 1.78 bits per heavy atom. The lowest BCUT2D eigenvalue weighted by atomic mass is 9.84. The maximum Gasteiger partial charge on any atom is 0.219 e. The molecule has 1 fully saturated rings. The third-order valence-corrected chi connectivity index (χ3v) is 4.79. The van der Waals surface area contributed by atoms with Crippen LogP contribution in [0.3, 0.4) is 0 Å². The quantitative estimate of drug-likeness (QED) is 0.862. The van der Waals surface area contributed by atoms with Crippen LogP contribution in [0.4, 0.5) is 11.8 Å². The average molecular weight is 367 g/mol. The third-order valence-electron chi connectivity index (χ3n) is 4.79. The molecule has 27 heavy (non-hydrogen) atoms. The number of anilines is 2. The Bertz CT molecular complexity index is 865. The van der Waals surface area contributed by atoms with E-state index in [-0.39, 0.29) is 11.4 Å². The highest BCUT2D eigenvalue weighted by Crippen LogP contribution is 2.33. The molecule has 8 nitrogen and oxygen atoms in total. The SMILES string of the molecule is CC(C)(C)C1=NCCc2c1nc(-c1cnc(N)nc1)nc2N1CCOCC1. The fraction of sp³-hybridized carbons (Fsp3) is 0.526. The summed E-state index contributed by atoms with van der Waals surface area (Å²) in [6.07, 6.45) is 4.19. The summed E-state index contributed by atoms with van der Waals surface area (Å²) in [6.45, 7) is 10.3. The van der Waals surface area contributed by atoms with E-state index in [2.05, 4.69) is 35.6 Å². The van der Waals surface area contributed by atoms with Crippen LogP contribution in [-0.2, 0) is 11.2 Å². The minimum Gasteiger partial charge on any atom is -0.378 e. The fourth-order valence-corrected chi connectivity index (χ4v) is 3.46. The largest absolute Gasteiger partial charge is 0.378 e. The number of nitrogens with zero attached hydrogens (tertiary/aromatic N) is 6. The lowest BCUT2D eigenvalue weighted by Crippen LogP contribution is -2.39. The Morgan fingerprint density at radius 1 is 1.07 bits per heavy atom. The van der Waals surface area contributed by atoms with E-state index < -0.39 is 0 Å². The molecule has 0 amide bonds. The standard InChI is InChI=1S/C19H25N7O/c1-19(2,3)15-14-13(4-5-21-15)17(26-6-8-27-9-7-26)25-16(24-14)12-10-22-18(20)23-11-12/h10-11H,4-9H2,1-3H3,(H2,20,22,23). The van der Waals surface area contributed by atoms with Crippen molar-refractivity contribution in [1.29, 1.82) is 0 Å². The Labute approximate surface area is 158 Å². The highest BCUT2D eigenvalue weighted by Gasteiger charge is 2.31. The van der Waals surface area contributed by atoms with Crippen molar-refractivity contribution < 1.29 is 4.74 Å². The summed E-state index contributed by atoms with van der Waals surface area (Å²) >= 11 is 0. The first-order valence-electron chi connectivity index (χ1n) is 9.30. The molecular formula is C19H25N7O. The van der Waals surface area contributed by atoms with Crippen molar-refractivity contribution in [3.63, 3.8) is 0 Å². The zero-order chi connectivity index (χ0) is 19.0. The maximum absolute atomic E-state index is 5.64. The molecule has 8 heteroatoms. The topological polar surface area (TPSA) is 102 Å². The smallest absolute Gasteiger partial charge is 0.219 e. The third kappa shape index (κ3) is 3.49. The molecule has 0 spiro atoms. The van der Waals surface area contributed by atoms with Crippen molar-refractivity contribution in [1.82, 2.24) is 19.9 Å². The summed E-state index contributed by atoms with van der Waals surface area (Å²) in [6, 6.07) is 0. The van der Waals surface area contributed by atoms with E-state index in [1.54, 1.807) is 12.4 Å². The first-order chi connectivity index (χ1) is 12.9. The number of rotatable bonds is 2. The van der Waals surface area contributed by atoms with Crippen LogP contribution in [0.5, 0.6) is 0 Å². The second-order valence-corrected chi connectivity index (χ2v) is 7.86. The molecule has 1 saturated heterocycles. The van der Waals surface area contributed by atoms with Crippen LogP contribution >= 0.6 is 0 Å². The van der Waals surface area contributed by atoms with Crippen LogP contribution in [0.25, 0.3) is 11.4 Å². The van der Waals surface area contributed by atoms with Gasteiger partial charge in [0.1, 0.15) is 5.82 Å². The van der Waals surface area contributed by atoms with Crippen molar-refractivity contribution in [2.24, 2.45) is 10.4 Å². The van der Waals surface area contributed by atoms with Gasteiger partial charge >= 0.3 is 0 Å². The summed E-state index contributed by atoms with van der Waals surface area (Å²) in [5.41, 5.74) is 9.44. The normalized spacial score (nSPS) is 17.4. The molecule has 4 heterocycles. The number of morpholine rings is 1.